The Hall–Kier alpha value is -2.47. The SMILES string of the molecule is CCn1nccc1C(=O)N(Cc1ccncc1)Cc1ccc(C)s1. The first-order valence-corrected chi connectivity index (χ1v) is 8.74. The van der Waals surface area contributed by atoms with Crippen molar-refractivity contribution >= 4 is 17.2 Å². The zero-order chi connectivity index (χ0) is 16.9. The van der Waals surface area contributed by atoms with Gasteiger partial charge in [-0.05, 0) is 49.7 Å². The highest BCUT2D eigenvalue weighted by Crippen LogP contribution is 2.20. The Kier molecular flexibility index (Phi) is 5.05. The molecule has 0 aliphatic heterocycles. The van der Waals surface area contributed by atoms with Crippen molar-refractivity contribution in [1.82, 2.24) is 19.7 Å². The topological polar surface area (TPSA) is 51.0 Å². The molecule has 6 heteroatoms. The van der Waals surface area contributed by atoms with Crippen molar-refractivity contribution in [3.63, 3.8) is 0 Å². The molecule has 0 N–H and O–H groups in total. The zero-order valence-corrected chi connectivity index (χ0v) is 14.7. The summed E-state index contributed by atoms with van der Waals surface area (Å²) in [6.45, 7) is 5.88. The maximum absolute atomic E-state index is 13.1. The molecule has 124 valence electrons. The molecule has 0 aliphatic rings. The van der Waals surface area contributed by atoms with E-state index in [1.807, 2.05) is 24.0 Å². The summed E-state index contributed by atoms with van der Waals surface area (Å²) in [4.78, 5) is 21.4. The number of rotatable bonds is 6. The highest BCUT2D eigenvalue weighted by molar-refractivity contribution is 7.11. The fourth-order valence-corrected chi connectivity index (χ4v) is 3.50. The van der Waals surface area contributed by atoms with E-state index in [9.17, 15) is 4.79 Å². The van der Waals surface area contributed by atoms with E-state index in [0.29, 0.717) is 25.3 Å². The average molecular weight is 340 g/mol. The van der Waals surface area contributed by atoms with Crippen molar-refractivity contribution < 1.29 is 4.79 Å². The molecule has 0 bridgehead atoms. The van der Waals surface area contributed by atoms with Gasteiger partial charge in [0.25, 0.3) is 5.91 Å². The Morgan fingerprint density at radius 1 is 1.12 bits per heavy atom. The van der Waals surface area contributed by atoms with Crippen LogP contribution in [0.25, 0.3) is 0 Å². The fraction of sp³-hybridized carbons (Fsp3) is 0.278. The number of carbonyl (C=O) groups is 1. The number of amides is 1. The monoisotopic (exact) mass is 340 g/mol. The predicted octanol–water partition coefficient (Wildman–Crippen LogP) is 3.51. The van der Waals surface area contributed by atoms with Crippen molar-refractivity contribution in [2.24, 2.45) is 0 Å². The van der Waals surface area contributed by atoms with Gasteiger partial charge in [-0.1, -0.05) is 0 Å². The number of hydrogen-bond donors (Lipinski definition) is 0. The molecule has 0 fully saturated rings. The first-order valence-electron chi connectivity index (χ1n) is 7.92. The molecule has 0 saturated heterocycles. The van der Waals surface area contributed by atoms with Crippen molar-refractivity contribution in [1.29, 1.82) is 0 Å². The number of nitrogens with zero attached hydrogens (tertiary/aromatic N) is 4. The molecule has 3 aromatic heterocycles. The normalized spacial score (nSPS) is 10.8. The van der Waals surface area contributed by atoms with Gasteiger partial charge in [0.2, 0.25) is 0 Å². The van der Waals surface area contributed by atoms with Gasteiger partial charge >= 0.3 is 0 Å². The Labute approximate surface area is 145 Å². The summed E-state index contributed by atoms with van der Waals surface area (Å²) >= 11 is 1.72. The molecule has 0 radical (unpaired) electrons. The molecule has 3 aromatic rings. The number of aryl methyl sites for hydroxylation is 2. The molecule has 0 aromatic carbocycles. The number of hydrogen-bond acceptors (Lipinski definition) is 4. The van der Waals surface area contributed by atoms with Crippen LogP contribution >= 0.6 is 11.3 Å². The van der Waals surface area contributed by atoms with Crippen molar-refractivity contribution in [2.75, 3.05) is 0 Å². The van der Waals surface area contributed by atoms with E-state index in [0.717, 1.165) is 5.56 Å². The van der Waals surface area contributed by atoms with Crippen LogP contribution in [0.15, 0.2) is 48.9 Å². The van der Waals surface area contributed by atoms with E-state index >= 15 is 0 Å². The second-order valence-corrected chi connectivity index (χ2v) is 6.93. The summed E-state index contributed by atoms with van der Waals surface area (Å²) in [6, 6.07) is 9.84. The molecule has 5 nitrogen and oxygen atoms in total. The minimum Gasteiger partial charge on any atom is -0.328 e. The van der Waals surface area contributed by atoms with Crippen LogP contribution in [0.3, 0.4) is 0 Å². The Balaban J connectivity index is 1.87. The fourth-order valence-electron chi connectivity index (χ4n) is 2.59. The van der Waals surface area contributed by atoms with Gasteiger partial charge in [0.15, 0.2) is 0 Å². The molecule has 24 heavy (non-hydrogen) atoms. The van der Waals surface area contributed by atoms with E-state index in [4.69, 9.17) is 0 Å². The van der Waals surface area contributed by atoms with Crippen LogP contribution in [0, 0.1) is 6.92 Å². The third kappa shape index (κ3) is 3.71. The summed E-state index contributed by atoms with van der Waals surface area (Å²) in [5.74, 6) is -0.00258. The van der Waals surface area contributed by atoms with Crippen molar-refractivity contribution in [3.05, 3.63) is 69.9 Å². The molecule has 0 atom stereocenters. The lowest BCUT2D eigenvalue weighted by Gasteiger charge is -2.22. The van der Waals surface area contributed by atoms with Gasteiger partial charge < -0.3 is 4.90 Å². The van der Waals surface area contributed by atoms with Gasteiger partial charge in [0.1, 0.15) is 5.69 Å². The molecule has 0 spiro atoms. The van der Waals surface area contributed by atoms with E-state index < -0.39 is 0 Å². The van der Waals surface area contributed by atoms with E-state index in [-0.39, 0.29) is 5.91 Å². The van der Waals surface area contributed by atoms with Gasteiger partial charge in [-0.15, -0.1) is 11.3 Å². The standard InChI is InChI=1S/C18H20N4OS/c1-3-22-17(8-11-20-22)18(23)21(12-15-6-9-19-10-7-15)13-16-5-4-14(2)24-16/h4-11H,3,12-13H2,1-2H3. The molecule has 3 rings (SSSR count). The Morgan fingerprint density at radius 2 is 1.92 bits per heavy atom. The van der Waals surface area contributed by atoms with E-state index in [1.165, 1.54) is 9.75 Å². The molecule has 1 amide bonds. The number of thiophene rings is 1. The molecular weight excluding hydrogens is 320 g/mol. The van der Waals surface area contributed by atoms with Crippen LogP contribution in [0.1, 0.15) is 32.7 Å². The molecule has 0 saturated carbocycles. The van der Waals surface area contributed by atoms with Gasteiger partial charge in [-0.25, -0.2) is 0 Å². The van der Waals surface area contributed by atoms with E-state index in [2.05, 4.69) is 29.1 Å². The van der Waals surface area contributed by atoms with E-state index in [1.54, 1.807) is 40.7 Å². The predicted molar refractivity (Wildman–Crippen MR) is 94.8 cm³/mol. The van der Waals surface area contributed by atoms with Crippen LogP contribution in [0.2, 0.25) is 0 Å². The Morgan fingerprint density at radius 3 is 2.58 bits per heavy atom. The van der Waals surface area contributed by atoms with Crippen molar-refractivity contribution in [2.45, 2.75) is 33.5 Å². The van der Waals surface area contributed by atoms with Crippen LogP contribution in [-0.2, 0) is 19.6 Å². The Bertz CT molecular complexity index is 809. The minimum absolute atomic E-state index is 0.00258. The summed E-state index contributed by atoms with van der Waals surface area (Å²) in [6.07, 6.45) is 5.18. The average Bonchev–Trinajstić information content (AvgIpc) is 3.23. The first kappa shape index (κ1) is 16.4. The van der Waals surface area contributed by atoms with Gasteiger partial charge in [0, 0.05) is 41.4 Å². The molecule has 3 heterocycles. The van der Waals surface area contributed by atoms with Crippen LogP contribution in [0.5, 0.6) is 0 Å². The summed E-state index contributed by atoms with van der Waals surface area (Å²) in [5, 5.41) is 4.22. The van der Waals surface area contributed by atoms with Gasteiger partial charge in [-0.3, -0.25) is 14.5 Å². The number of pyridine rings is 1. The zero-order valence-electron chi connectivity index (χ0n) is 13.8. The quantitative estimate of drug-likeness (QED) is 0.690. The third-order valence-electron chi connectivity index (χ3n) is 3.79. The summed E-state index contributed by atoms with van der Waals surface area (Å²) < 4.78 is 1.74. The second-order valence-electron chi connectivity index (χ2n) is 5.56. The van der Waals surface area contributed by atoms with Crippen LogP contribution < -0.4 is 0 Å². The van der Waals surface area contributed by atoms with Crippen LogP contribution in [0.4, 0.5) is 0 Å². The first-order chi connectivity index (χ1) is 11.7. The minimum atomic E-state index is -0.00258. The molecular formula is C18H20N4OS. The third-order valence-corrected chi connectivity index (χ3v) is 4.77. The lowest BCUT2D eigenvalue weighted by atomic mass is 10.2. The number of aromatic nitrogens is 3. The molecule has 0 aliphatic carbocycles. The lowest BCUT2D eigenvalue weighted by Crippen LogP contribution is -2.31. The molecule has 0 unspecified atom stereocenters. The summed E-state index contributed by atoms with van der Waals surface area (Å²) in [5.41, 5.74) is 1.69. The lowest BCUT2D eigenvalue weighted by molar-refractivity contribution is 0.0719. The van der Waals surface area contributed by atoms with Gasteiger partial charge in [-0.2, -0.15) is 5.10 Å². The van der Waals surface area contributed by atoms with Crippen LogP contribution in [-0.4, -0.2) is 25.6 Å². The number of carbonyl (C=O) groups excluding carboxylic acids is 1. The summed E-state index contributed by atoms with van der Waals surface area (Å²) in [7, 11) is 0. The largest absolute Gasteiger partial charge is 0.328 e. The smallest absolute Gasteiger partial charge is 0.272 e. The second kappa shape index (κ2) is 7.40. The highest BCUT2D eigenvalue weighted by atomic mass is 32.1. The highest BCUT2D eigenvalue weighted by Gasteiger charge is 2.20. The van der Waals surface area contributed by atoms with Gasteiger partial charge in [0.05, 0.1) is 6.54 Å². The maximum atomic E-state index is 13.1. The maximum Gasteiger partial charge on any atom is 0.272 e. The van der Waals surface area contributed by atoms with Crippen molar-refractivity contribution in [3.8, 4) is 0 Å².